The van der Waals surface area contributed by atoms with Gasteiger partial charge in [-0.1, -0.05) is 15.9 Å². The smallest absolute Gasteiger partial charge is 0.151 e. The molecule has 1 aromatic rings. The first kappa shape index (κ1) is 11.8. The molecule has 76 valence electrons. The normalized spacial score (nSPS) is 10.1. The van der Waals surface area contributed by atoms with Crippen molar-refractivity contribution in [3.8, 4) is 0 Å². The first-order chi connectivity index (χ1) is 6.77. The van der Waals surface area contributed by atoms with Gasteiger partial charge in [-0.15, -0.1) is 11.8 Å². The van der Waals surface area contributed by atoms with Gasteiger partial charge in [0.1, 0.15) is 0 Å². The van der Waals surface area contributed by atoms with E-state index in [0.717, 1.165) is 27.8 Å². The van der Waals surface area contributed by atoms with Crippen molar-refractivity contribution >= 4 is 34.0 Å². The average Bonchev–Trinajstić information content (AvgIpc) is 2.20. The van der Waals surface area contributed by atoms with E-state index in [-0.39, 0.29) is 6.61 Å². The van der Waals surface area contributed by atoms with Crippen LogP contribution in [0.3, 0.4) is 0 Å². The standard InChI is InChI=1S/C10H11BrO2S/c11-9-2-3-10(8(6-9)7-13)14-5-1-4-12/h2-3,6-7,12H,1,4-5H2. The van der Waals surface area contributed by atoms with Gasteiger partial charge in [-0.2, -0.15) is 0 Å². The van der Waals surface area contributed by atoms with Gasteiger partial charge in [-0.05, 0) is 24.6 Å². The average molecular weight is 275 g/mol. The van der Waals surface area contributed by atoms with Crippen molar-refractivity contribution in [1.29, 1.82) is 0 Å². The van der Waals surface area contributed by atoms with Crippen LogP contribution in [-0.4, -0.2) is 23.8 Å². The molecule has 2 nitrogen and oxygen atoms in total. The zero-order chi connectivity index (χ0) is 10.4. The maximum atomic E-state index is 10.7. The van der Waals surface area contributed by atoms with Gasteiger partial charge in [-0.3, -0.25) is 4.79 Å². The van der Waals surface area contributed by atoms with E-state index >= 15 is 0 Å². The molecule has 0 spiro atoms. The highest BCUT2D eigenvalue weighted by Gasteiger charge is 2.02. The lowest BCUT2D eigenvalue weighted by Gasteiger charge is -2.03. The summed E-state index contributed by atoms with van der Waals surface area (Å²) in [6.07, 6.45) is 1.60. The molecule has 0 saturated heterocycles. The van der Waals surface area contributed by atoms with Crippen LogP contribution in [0.4, 0.5) is 0 Å². The first-order valence-electron chi connectivity index (χ1n) is 4.26. The van der Waals surface area contributed by atoms with E-state index in [1.807, 2.05) is 12.1 Å². The van der Waals surface area contributed by atoms with Gasteiger partial charge >= 0.3 is 0 Å². The second kappa shape index (κ2) is 6.22. The Labute approximate surface area is 95.8 Å². The van der Waals surface area contributed by atoms with Gasteiger partial charge in [0.25, 0.3) is 0 Å². The van der Waals surface area contributed by atoms with E-state index in [0.29, 0.717) is 5.56 Å². The third-order valence-electron chi connectivity index (χ3n) is 1.66. The monoisotopic (exact) mass is 274 g/mol. The topological polar surface area (TPSA) is 37.3 Å². The number of halogens is 1. The van der Waals surface area contributed by atoms with Crippen molar-refractivity contribution in [1.82, 2.24) is 0 Å². The summed E-state index contributed by atoms with van der Waals surface area (Å²) in [6.45, 7) is 0.194. The van der Waals surface area contributed by atoms with Gasteiger partial charge < -0.3 is 5.11 Å². The zero-order valence-electron chi connectivity index (χ0n) is 7.57. The van der Waals surface area contributed by atoms with E-state index in [2.05, 4.69) is 15.9 Å². The molecule has 0 fully saturated rings. The number of hydrogen-bond acceptors (Lipinski definition) is 3. The van der Waals surface area contributed by atoms with E-state index < -0.39 is 0 Å². The Morgan fingerprint density at radius 2 is 2.29 bits per heavy atom. The maximum Gasteiger partial charge on any atom is 0.151 e. The minimum absolute atomic E-state index is 0.194. The molecule has 0 bridgehead atoms. The molecule has 0 aliphatic carbocycles. The molecule has 0 radical (unpaired) electrons. The molecule has 4 heteroatoms. The molecule has 0 amide bonds. The summed E-state index contributed by atoms with van der Waals surface area (Å²) in [7, 11) is 0. The Bertz CT molecular complexity index is 315. The van der Waals surface area contributed by atoms with Crippen LogP contribution in [0, 0.1) is 0 Å². The third kappa shape index (κ3) is 3.44. The number of benzene rings is 1. The number of rotatable bonds is 5. The minimum Gasteiger partial charge on any atom is -0.396 e. The molecule has 14 heavy (non-hydrogen) atoms. The quantitative estimate of drug-likeness (QED) is 0.510. The van der Waals surface area contributed by atoms with Gasteiger partial charge in [0.15, 0.2) is 6.29 Å². The molecule has 1 rings (SSSR count). The minimum atomic E-state index is 0.194. The highest BCUT2D eigenvalue weighted by molar-refractivity contribution is 9.10. The van der Waals surface area contributed by atoms with Crippen molar-refractivity contribution in [3.05, 3.63) is 28.2 Å². The fraction of sp³-hybridized carbons (Fsp3) is 0.300. The van der Waals surface area contributed by atoms with E-state index in [1.165, 1.54) is 0 Å². The van der Waals surface area contributed by atoms with Crippen molar-refractivity contribution in [2.45, 2.75) is 11.3 Å². The van der Waals surface area contributed by atoms with Crippen molar-refractivity contribution in [2.75, 3.05) is 12.4 Å². The van der Waals surface area contributed by atoms with Crippen LogP contribution in [-0.2, 0) is 0 Å². The molecule has 0 aliphatic rings. The van der Waals surface area contributed by atoms with Crippen molar-refractivity contribution in [3.63, 3.8) is 0 Å². The number of aliphatic hydroxyl groups excluding tert-OH is 1. The molecular formula is C10H11BrO2S. The molecule has 0 aromatic heterocycles. The van der Waals surface area contributed by atoms with Gasteiger partial charge in [0, 0.05) is 27.3 Å². The summed E-state index contributed by atoms with van der Waals surface area (Å²) in [4.78, 5) is 11.7. The van der Waals surface area contributed by atoms with Crippen LogP contribution in [0.15, 0.2) is 27.6 Å². The van der Waals surface area contributed by atoms with Crippen LogP contribution < -0.4 is 0 Å². The predicted octanol–water partition coefficient (Wildman–Crippen LogP) is 2.74. The molecule has 1 N–H and O–H groups in total. The molecule has 0 saturated carbocycles. The van der Waals surface area contributed by atoms with Crippen molar-refractivity contribution < 1.29 is 9.90 Å². The fourth-order valence-corrected chi connectivity index (χ4v) is 2.30. The fourth-order valence-electron chi connectivity index (χ4n) is 0.990. The summed E-state index contributed by atoms with van der Waals surface area (Å²) in [5.41, 5.74) is 0.697. The first-order valence-corrected chi connectivity index (χ1v) is 6.04. The number of aliphatic hydroxyl groups is 1. The Hall–Kier alpha value is -0.320. The van der Waals surface area contributed by atoms with E-state index in [1.54, 1.807) is 17.8 Å². The summed E-state index contributed by atoms with van der Waals surface area (Å²) < 4.78 is 0.908. The van der Waals surface area contributed by atoms with Crippen LogP contribution in [0.2, 0.25) is 0 Å². The Balaban J connectivity index is 2.70. The SMILES string of the molecule is O=Cc1cc(Br)ccc1SCCCO. The number of carbonyl (C=O) groups excluding carboxylic acids is 1. The number of thioether (sulfide) groups is 1. The highest BCUT2D eigenvalue weighted by atomic mass is 79.9. The van der Waals surface area contributed by atoms with Crippen molar-refractivity contribution in [2.24, 2.45) is 0 Å². The largest absolute Gasteiger partial charge is 0.396 e. The molecule has 0 unspecified atom stereocenters. The number of hydrogen-bond donors (Lipinski definition) is 1. The maximum absolute atomic E-state index is 10.7. The summed E-state index contributed by atoms with van der Waals surface area (Å²) in [6, 6.07) is 5.62. The zero-order valence-corrected chi connectivity index (χ0v) is 9.97. The summed E-state index contributed by atoms with van der Waals surface area (Å²) in [5.74, 6) is 0.832. The third-order valence-corrected chi connectivity index (χ3v) is 3.33. The Kier molecular flexibility index (Phi) is 5.22. The van der Waals surface area contributed by atoms with Gasteiger partial charge in [-0.25, -0.2) is 0 Å². The van der Waals surface area contributed by atoms with Crippen LogP contribution in [0.5, 0.6) is 0 Å². The lowest BCUT2D eigenvalue weighted by Crippen LogP contribution is -1.89. The van der Waals surface area contributed by atoms with E-state index in [9.17, 15) is 4.79 Å². The summed E-state index contributed by atoms with van der Waals surface area (Å²) >= 11 is 4.90. The molecule has 0 atom stereocenters. The predicted molar refractivity (Wildman–Crippen MR) is 62.0 cm³/mol. The second-order valence-electron chi connectivity index (χ2n) is 2.73. The summed E-state index contributed by atoms with van der Waals surface area (Å²) in [5, 5.41) is 8.62. The highest BCUT2D eigenvalue weighted by Crippen LogP contribution is 2.25. The Morgan fingerprint density at radius 1 is 1.50 bits per heavy atom. The van der Waals surface area contributed by atoms with Crippen LogP contribution in [0.1, 0.15) is 16.8 Å². The molecule has 0 aliphatic heterocycles. The van der Waals surface area contributed by atoms with Gasteiger partial charge in [0.2, 0.25) is 0 Å². The van der Waals surface area contributed by atoms with Gasteiger partial charge in [0.05, 0.1) is 0 Å². The lowest BCUT2D eigenvalue weighted by atomic mass is 10.2. The Morgan fingerprint density at radius 3 is 2.93 bits per heavy atom. The van der Waals surface area contributed by atoms with Crippen LogP contribution >= 0.6 is 27.7 Å². The number of carbonyl (C=O) groups is 1. The molecule has 0 heterocycles. The molecule has 1 aromatic carbocycles. The van der Waals surface area contributed by atoms with Crippen LogP contribution in [0.25, 0.3) is 0 Å². The number of aldehydes is 1. The second-order valence-corrected chi connectivity index (χ2v) is 4.78. The molecular weight excluding hydrogens is 264 g/mol. The lowest BCUT2D eigenvalue weighted by molar-refractivity contribution is 0.112. The van der Waals surface area contributed by atoms with E-state index in [4.69, 9.17) is 5.11 Å².